The van der Waals surface area contributed by atoms with Crippen LogP contribution in [0, 0.1) is 0 Å². The third-order valence-corrected chi connectivity index (χ3v) is 4.71. The highest BCUT2D eigenvalue weighted by Gasteiger charge is 2.28. The summed E-state index contributed by atoms with van der Waals surface area (Å²) in [4.78, 5) is 6.75. The van der Waals surface area contributed by atoms with Crippen LogP contribution in [0.2, 0.25) is 5.02 Å². The van der Waals surface area contributed by atoms with E-state index in [9.17, 15) is 0 Å². The highest BCUT2D eigenvalue weighted by molar-refractivity contribution is 14.0. The smallest absolute Gasteiger partial charge is 0.191 e. The fraction of sp³-hybridized carbons (Fsp3) is 0.611. The topological polar surface area (TPSA) is 58.1 Å². The van der Waals surface area contributed by atoms with Crippen molar-refractivity contribution in [2.24, 2.45) is 4.99 Å². The molecule has 0 saturated carbocycles. The Bertz CT molecular complexity index is 593. The highest BCUT2D eigenvalue weighted by atomic mass is 127. The Hall–Kier alpha value is -0.770. The number of halogens is 2. The molecule has 1 heterocycles. The first-order chi connectivity index (χ1) is 12.0. The molecule has 0 spiro atoms. The van der Waals surface area contributed by atoms with Crippen LogP contribution >= 0.6 is 35.6 Å². The number of hydrogen-bond acceptors (Lipinski definition) is 4. The summed E-state index contributed by atoms with van der Waals surface area (Å²) in [5, 5.41) is 7.41. The number of morpholine rings is 1. The molecule has 1 aliphatic rings. The molecule has 1 aromatic carbocycles. The summed E-state index contributed by atoms with van der Waals surface area (Å²) >= 11 is 6.01. The number of ether oxygens (including phenoxy) is 2. The highest BCUT2D eigenvalue weighted by Crippen LogP contribution is 2.22. The van der Waals surface area contributed by atoms with Gasteiger partial charge in [-0.25, -0.2) is 0 Å². The molecule has 0 unspecified atom stereocenters. The van der Waals surface area contributed by atoms with E-state index in [4.69, 9.17) is 21.1 Å². The second kappa shape index (κ2) is 11.2. The Kier molecular flexibility index (Phi) is 9.99. The second-order valence-corrected chi connectivity index (χ2v) is 7.08. The van der Waals surface area contributed by atoms with Crippen LogP contribution in [-0.4, -0.2) is 63.4 Å². The van der Waals surface area contributed by atoms with Crippen molar-refractivity contribution in [1.29, 1.82) is 0 Å². The number of benzene rings is 1. The van der Waals surface area contributed by atoms with E-state index in [1.807, 2.05) is 18.2 Å². The molecule has 148 valence electrons. The molecule has 0 aliphatic carbocycles. The van der Waals surface area contributed by atoms with E-state index in [2.05, 4.69) is 34.4 Å². The Morgan fingerprint density at radius 2 is 2.00 bits per heavy atom. The van der Waals surface area contributed by atoms with E-state index < -0.39 is 0 Å². The molecule has 1 saturated heterocycles. The molecule has 2 rings (SSSR count). The largest absolute Gasteiger partial charge is 0.496 e. The average Bonchev–Trinajstić information content (AvgIpc) is 2.63. The summed E-state index contributed by atoms with van der Waals surface area (Å²) in [5.74, 6) is 1.53. The molecule has 0 amide bonds. The number of aliphatic imine (C=N–C) groups is 1. The molecule has 0 aromatic heterocycles. The van der Waals surface area contributed by atoms with Crippen molar-refractivity contribution in [2.75, 3.05) is 47.0 Å². The number of hydrogen-bond donors (Lipinski definition) is 2. The molecule has 26 heavy (non-hydrogen) atoms. The van der Waals surface area contributed by atoms with Gasteiger partial charge in [0.25, 0.3) is 0 Å². The quantitative estimate of drug-likeness (QED) is 0.360. The number of nitrogens with one attached hydrogen (secondary N) is 2. The van der Waals surface area contributed by atoms with Gasteiger partial charge >= 0.3 is 0 Å². The normalized spacial score (nSPS) is 16.0. The average molecular weight is 497 g/mol. The molecule has 2 N–H and O–H groups in total. The van der Waals surface area contributed by atoms with Crippen molar-refractivity contribution >= 4 is 41.5 Å². The molecule has 0 bridgehead atoms. The Morgan fingerprint density at radius 3 is 2.62 bits per heavy atom. The predicted molar refractivity (Wildman–Crippen MR) is 118 cm³/mol. The maximum atomic E-state index is 6.01. The van der Waals surface area contributed by atoms with Gasteiger partial charge in [-0.15, -0.1) is 24.0 Å². The predicted octanol–water partition coefficient (Wildman–Crippen LogP) is 2.74. The van der Waals surface area contributed by atoms with Crippen LogP contribution < -0.4 is 15.4 Å². The maximum absolute atomic E-state index is 6.01. The Morgan fingerprint density at radius 1 is 1.31 bits per heavy atom. The van der Waals surface area contributed by atoms with Crippen molar-refractivity contribution in [3.63, 3.8) is 0 Å². The van der Waals surface area contributed by atoms with Crippen LogP contribution in [0.1, 0.15) is 19.4 Å². The van der Waals surface area contributed by atoms with Gasteiger partial charge in [0.1, 0.15) is 5.75 Å². The van der Waals surface area contributed by atoms with E-state index in [1.54, 1.807) is 14.2 Å². The molecule has 0 radical (unpaired) electrons. The molecular weight excluding hydrogens is 467 g/mol. The van der Waals surface area contributed by atoms with Crippen LogP contribution in [-0.2, 0) is 11.3 Å². The first-order valence-corrected chi connectivity index (χ1v) is 8.94. The van der Waals surface area contributed by atoms with Gasteiger partial charge in [-0.3, -0.25) is 9.89 Å². The van der Waals surface area contributed by atoms with Crippen LogP contribution in [0.25, 0.3) is 0 Å². The number of nitrogens with zero attached hydrogens (tertiary/aromatic N) is 2. The molecule has 1 aromatic rings. The number of rotatable bonds is 6. The zero-order valence-electron chi connectivity index (χ0n) is 16.0. The minimum atomic E-state index is 0. The monoisotopic (exact) mass is 496 g/mol. The van der Waals surface area contributed by atoms with Crippen LogP contribution in [0.15, 0.2) is 23.2 Å². The van der Waals surface area contributed by atoms with Crippen LogP contribution in [0.3, 0.4) is 0 Å². The second-order valence-electron chi connectivity index (χ2n) is 6.65. The third kappa shape index (κ3) is 6.75. The van der Waals surface area contributed by atoms with E-state index >= 15 is 0 Å². The SMILES string of the molecule is CN=C(NCc1ccc(Cl)cc1OC)NCC(C)(C)N1CCOCC1.I. The van der Waals surface area contributed by atoms with E-state index in [0.717, 1.165) is 50.1 Å². The summed E-state index contributed by atoms with van der Waals surface area (Å²) in [6, 6.07) is 5.63. The molecule has 6 nitrogen and oxygen atoms in total. The summed E-state index contributed by atoms with van der Waals surface area (Å²) in [6.45, 7) is 9.40. The number of guanidine groups is 1. The summed E-state index contributed by atoms with van der Waals surface area (Å²) in [7, 11) is 3.42. The van der Waals surface area contributed by atoms with Gasteiger partial charge in [-0.1, -0.05) is 17.7 Å². The minimum Gasteiger partial charge on any atom is -0.496 e. The molecule has 0 atom stereocenters. The van der Waals surface area contributed by atoms with E-state index in [1.165, 1.54) is 0 Å². The van der Waals surface area contributed by atoms with E-state index in [-0.39, 0.29) is 29.5 Å². The molecule has 8 heteroatoms. The van der Waals surface area contributed by atoms with Crippen LogP contribution in [0.4, 0.5) is 0 Å². The maximum Gasteiger partial charge on any atom is 0.191 e. The van der Waals surface area contributed by atoms with Gasteiger partial charge in [0.2, 0.25) is 0 Å². The van der Waals surface area contributed by atoms with Crippen molar-refractivity contribution in [2.45, 2.75) is 25.9 Å². The molecule has 1 aliphatic heterocycles. The third-order valence-electron chi connectivity index (χ3n) is 4.47. The fourth-order valence-electron chi connectivity index (χ4n) is 2.84. The van der Waals surface area contributed by atoms with Gasteiger partial charge in [-0.05, 0) is 26.0 Å². The lowest BCUT2D eigenvalue weighted by Crippen LogP contribution is -2.56. The molecule has 1 fully saturated rings. The van der Waals surface area contributed by atoms with Crippen LogP contribution in [0.5, 0.6) is 5.75 Å². The lowest BCUT2D eigenvalue weighted by molar-refractivity contribution is -0.00834. The van der Waals surface area contributed by atoms with Crippen molar-refractivity contribution < 1.29 is 9.47 Å². The zero-order chi connectivity index (χ0) is 18.3. The van der Waals surface area contributed by atoms with Crippen molar-refractivity contribution in [3.05, 3.63) is 28.8 Å². The summed E-state index contributed by atoms with van der Waals surface area (Å²) in [5.41, 5.74) is 1.06. The first-order valence-electron chi connectivity index (χ1n) is 8.56. The van der Waals surface area contributed by atoms with Gasteiger partial charge in [0, 0.05) is 49.4 Å². The van der Waals surface area contributed by atoms with E-state index in [0.29, 0.717) is 11.6 Å². The standard InChI is InChI=1S/C18H29ClN4O2.HI/c1-18(2,23-7-9-25-10-8-23)13-22-17(20-3)21-12-14-5-6-15(19)11-16(14)24-4;/h5-6,11H,7-10,12-13H2,1-4H3,(H2,20,21,22);1H. The first kappa shape index (κ1) is 23.3. The summed E-state index contributed by atoms with van der Waals surface area (Å²) < 4.78 is 10.8. The lowest BCUT2D eigenvalue weighted by atomic mass is 10.0. The number of methoxy groups -OCH3 is 1. The van der Waals surface area contributed by atoms with Crippen molar-refractivity contribution in [3.8, 4) is 5.75 Å². The Balaban J connectivity index is 0.00000338. The zero-order valence-corrected chi connectivity index (χ0v) is 19.1. The Labute approximate surface area is 178 Å². The van der Waals surface area contributed by atoms with Gasteiger partial charge < -0.3 is 20.1 Å². The van der Waals surface area contributed by atoms with Crippen molar-refractivity contribution in [1.82, 2.24) is 15.5 Å². The van der Waals surface area contributed by atoms with Gasteiger partial charge in [0.05, 0.1) is 20.3 Å². The van der Waals surface area contributed by atoms with Gasteiger partial charge in [0.15, 0.2) is 5.96 Å². The molecular formula is C18H30ClIN4O2. The fourth-order valence-corrected chi connectivity index (χ4v) is 3.01. The summed E-state index contributed by atoms with van der Waals surface area (Å²) in [6.07, 6.45) is 0. The minimum absolute atomic E-state index is 0. The lowest BCUT2D eigenvalue weighted by Gasteiger charge is -2.41. The van der Waals surface area contributed by atoms with Gasteiger partial charge in [-0.2, -0.15) is 0 Å².